The van der Waals surface area contributed by atoms with E-state index in [9.17, 15) is 4.79 Å². The molecule has 0 aromatic carbocycles. The third-order valence-corrected chi connectivity index (χ3v) is 1.60. The van der Waals surface area contributed by atoms with Crippen molar-refractivity contribution >= 4 is 17.6 Å². The summed E-state index contributed by atoms with van der Waals surface area (Å²) in [5, 5.41) is 0. The van der Waals surface area contributed by atoms with Gasteiger partial charge < -0.3 is 9.15 Å². The van der Waals surface area contributed by atoms with Crippen molar-refractivity contribution in [3.05, 3.63) is 23.7 Å². The summed E-state index contributed by atoms with van der Waals surface area (Å²) < 4.78 is 10.0. The highest BCUT2D eigenvalue weighted by Gasteiger charge is 2.13. The first-order chi connectivity index (χ1) is 6.13. The molecule has 0 saturated heterocycles. The highest BCUT2D eigenvalue weighted by atomic mass is 35.5. The zero-order valence-electron chi connectivity index (χ0n) is 7.54. The lowest BCUT2D eigenvalue weighted by Crippen LogP contribution is -2.10. The van der Waals surface area contributed by atoms with Crippen molar-refractivity contribution in [2.24, 2.45) is 0 Å². The first kappa shape index (κ1) is 10.1. The summed E-state index contributed by atoms with van der Waals surface area (Å²) in [6, 6.07) is 3.21. The van der Waals surface area contributed by atoms with Gasteiger partial charge in [-0.15, -0.1) is 11.6 Å². The van der Waals surface area contributed by atoms with Crippen molar-refractivity contribution in [3.8, 4) is 0 Å². The Morgan fingerprint density at radius 3 is 2.77 bits per heavy atom. The number of carbonyl (C=O) groups excluding carboxylic acids is 1. The normalized spacial score (nSPS) is 10.5. The number of furan rings is 1. The van der Waals surface area contributed by atoms with Gasteiger partial charge >= 0.3 is 5.97 Å². The SMILES string of the molecule is CC(C)OC(=O)c1ccc(CCl)o1. The lowest BCUT2D eigenvalue weighted by atomic mass is 10.4. The van der Waals surface area contributed by atoms with Crippen LogP contribution in [0.3, 0.4) is 0 Å². The van der Waals surface area contributed by atoms with Crippen LogP contribution in [0.4, 0.5) is 0 Å². The average Bonchev–Trinajstić information content (AvgIpc) is 2.50. The van der Waals surface area contributed by atoms with Crippen LogP contribution in [0.1, 0.15) is 30.2 Å². The molecule has 0 saturated carbocycles. The van der Waals surface area contributed by atoms with Crippen molar-refractivity contribution in [2.75, 3.05) is 0 Å². The maximum Gasteiger partial charge on any atom is 0.374 e. The number of rotatable bonds is 3. The van der Waals surface area contributed by atoms with Crippen molar-refractivity contribution in [3.63, 3.8) is 0 Å². The molecule has 0 radical (unpaired) electrons. The van der Waals surface area contributed by atoms with Gasteiger partial charge in [0.05, 0.1) is 12.0 Å². The fraction of sp³-hybridized carbons (Fsp3) is 0.444. The quantitative estimate of drug-likeness (QED) is 0.559. The monoisotopic (exact) mass is 202 g/mol. The van der Waals surface area contributed by atoms with Crippen LogP contribution in [-0.4, -0.2) is 12.1 Å². The third-order valence-electron chi connectivity index (χ3n) is 1.34. The smallest absolute Gasteiger partial charge is 0.374 e. The topological polar surface area (TPSA) is 39.4 Å². The summed E-state index contributed by atoms with van der Waals surface area (Å²) in [5.74, 6) is 0.572. The van der Waals surface area contributed by atoms with E-state index >= 15 is 0 Å². The van der Waals surface area contributed by atoms with Crippen LogP contribution in [0.5, 0.6) is 0 Å². The Kier molecular flexibility index (Phi) is 3.37. The predicted octanol–water partition coefficient (Wildman–Crippen LogP) is 2.58. The lowest BCUT2D eigenvalue weighted by molar-refractivity contribution is 0.0340. The molecule has 0 bridgehead atoms. The molecular weight excluding hydrogens is 192 g/mol. The van der Waals surface area contributed by atoms with Gasteiger partial charge in [0, 0.05) is 0 Å². The molecule has 13 heavy (non-hydrogen) atoms. The Morgan fingerprint density at radius 1 is 1.62 bits per heavy atom. The lowest BCUT2D eigenvalue weighted by Gasteiger charge is -2.04. The number of hydrogen-bond donors (Lipinski definition) is 0. The van der Waals surface area contributed by atoms with Crippen LogP contribution < -0.4 is 0 Å². The molecule has 0 N–H and O–H groups in total. The van der Waals surface area contributed by atoms with Gasteiger partial charge in [-0.05, 0) is 26.0 Å². The molecule has 0 unspecified atom stereocenters. The van der Waals surface area contributed by atoms with E-state index in [0.29, 0.717) is 5.76 Å². The zero-order valence-corrected chi connectivity index (χ0v) is 8.30. The summed E-state index contributed by atoms with van der Waals surface area (Å²) >= 11 is 5.50. The van der Waals surface area contributed by atoms with Crippen LogP contribution in [-0.2, 0) is 10.6 Å². The Hall–Kier alpha value is -0.960. The molecule has 3 nitrogen and oxygen atoms in total. The van der Waals surface area contributed by atoms with Crippen molar-refractivity contribution in [2.45, 2.75) is 25.8 Å². The number of carbonyl (C=O) groups is 1. The molecule has 0 fully saturated rings. The van der Waals surface area contributed by atoms with Gasteiger partial charge in [-0.1, -0.05) is 0 Å². The van der Waals surface area contributed by atoms with Crippen molar-refractivity contribution in [1.29, 1.82) is 0 Å². The molecule has 0 aliphatic heterocycles. The molecule has 1 heterocycles. The Morgan fingerprint density at radius 2 is 2.31 bits per heavy atom. The van der Waals surface area contributed by atoms with E-state index in [-0.39, 0.29) is 17.7 Å². The Balaban J connectivity index is 2.66. The second-order valence-corrected chi connectivity index (χ2v) is 3.12. The van der Waals surface area contributed by atoms with E-state index in [1.165, 1.54) is 0 Å². The van der Waals surface area contributed by atoms with Gasteiger partial charge in [0.2, 0.25) is 5.76 Å². The van der Waals surface area contributed by atoms with E-state index < -0.39 is 5.97 Å². The average molecular weight is 203 g/mol. The highest BCUT2D eigenvalue weighted by molar-refractivity contribution is 6.16. The molecule has 0 amide bonds. The first-order valence-electron chi connectivity index (χ1n) is 3.99. The minimum atomic E-state index is -0.452. The first-order valence-corrected chi connectivity index (χ1v) is 4.52. The summed E-state index contributed by atoms with van der Waals surface area (Å²) in [4.78, 5) is 11.2. The van der Waals surface area contributed by atoms with Gasteiger partial charge in [0.25, 0.3) is 0 Å². The van der Waals surface area contributed by atoms with Gasteiger partial charge in [-0.3, -0.25) is 0 Å². The van der Waals surface area contributed by atoms with E-state index in [2.05, 4.69) is 0 Å². The minimum Gasteiger partial charge on any atom is -0.457 e. The van der Waals surface area contributed by atoms with Crippen LogP contribution in [0, 0.1) is 0 Å². The summed E-state index contributed by atoms with van der Waals surface area (Å²) in [6.45, 7) is 3.56. The second-order valence-electron chi connectivity index (χ2n) is 2.85. The molecule has 4 heteroatoms. The number of hydrogen-bond acceptors (Lipinski definition) is 3. The second kappa shape index (κ2) is 4.33. The summed E-state index contributed by atoms with van der Waals surface area (Å²) in [5.41, 5.74) is 0. The molecule has 0 aliphatic carbocycles. The van der Waals surface area contributed by atoms with Crippen LogP contribution in [0.15, 0.2) is 16.5 Å². The molecule has 0 spiro atoms. The predicted molar refractivity (Wildman–Crippen MR) is 48.8 cm³/mol. The van der Waals surface area contributed by atoms with E-state index in [4.69, 9.17) is 20.8 Å². The van der Waals surface area contributed by atoms with Crippen LogP contribution >= 0.6 is 11.6 Å². The van der Waals surface area contributed by atoms with Crippen LogP contribution in [0.2, 0.25) is 0 Å². The highest BCUT2D eigenvalue weighted by Crippen LogP contribution is 2.11. The van der Waals surface area contributed by atoms with Gasteiger partial charge in [-0.25, -0.2) is 4.79 Å². The van der Waals surface area contributed by atoms with Crippen molar-refractivity contribution < 1.29 is 13.9 Å². The number of halogens is 1. The Labute approximate surface area is 81.6 Å². The van der Waals surface area contributed by atoms with E-state index in [1.54, 1.807) is 26.0 Å². The third kappa shape index (κ3) is 2.77. The molecular formula is C9H11ClO3. The summed E-state index contributed by atoms with van der Waals surface area (Å²) in [7, 11) is 0. The van der Waals surface area contributed by atoms with E-state index in [1.807, 2.05) is 0 Å². The number of esters is 1. The fourth-order valence-electron chi connectivity index (χ4n) is 0.832. The molecule has 0 atom stereocenters. The fourth-order valence-corrected chi connectivity index (χ4v) is 0.975. The van der Waals surface area contributed by atoms with Gasteiger partial charge in [0.15, 0.2) is 0 Å². The van der Waals surface area contributed by atoms with Crippen molar-refractivity contribution in [1.82, 2.24) is 0 Å². The number of alkyl halides is 1. The molecule has 1 aromatic heterocycles. The van der Waals surface area contributed by atoms with Gasteiger partial charge in [-0.2, -0.15) is 0 Å². The zero-order chi connectivity index (χ0) is 9.84. The van der Waals surface area contributed by atoms with Gasteiger partial charge in [0.1, 0.15) is 5.76 Å². The maximum atomic E-state index is 11.2. The molecule has 72 valence electrons. The van der Waals surface area contributed by atoms with E-state index in [0.717, 1.165) is 0 Å². The van der Waals surface area contributed by atoms with Crippen LogP contribution in [0.25, 0.3) is 0 Å². The maximum absolute atomic E-state index is 11.2. The largest absolute Gasteiger partial charge is 0.457 e. The Bertz CT molecular complexity index is 291. The molecule has 0 aliphatic rings. The molecule has 1 rings (SSSR count). The standard InChI is InChI=1S/C9H11ClO3/c1-6(2)12-9(11)8-4-3-7(5-10)13-8/h3-4,6H,5H2,1-2H3. The summed E-state index contributed by atoms with van der Waals surface area (Å²) in [6.07, 6.45) is -0.142. The number of ether oxygens (including phenoxy) is 1. The molecule has 1 aromatic rings. The minimum absolute atomic E-state index is 0.142.